The van der Waals surface area contributed by atoms with Crippen molar-refractivity contribution in [3.8, 4) is 0 Å². The van der Waals surface area contributed by atoms with Gasteiger partial charge in [0.05, 0.1) is 32.5 Å². The van der Waals surface area contributed by atoms with Crippen LogP contribution in [0, 0.1) is 28.6 Å². The molecule has 224 valence electrons. The van der Waals surface area contributed by atoms with E-state index in [1.165, 1.54) is 12.2 Å². The molecule has 0 aromatic carbocycles. The highest BCUT2D eigenvalue weighted by Crippen LogP contribution is 2.70. The molecule has 0 aromatic heterocycles. The van der Waals surface area contributed by atoms with Crippen molar-refractivity contribution >= 4 is 17.5 Å². The van der Waals surface area contributed by atoms with Crippen LogP contribution in [0.5, 0.6) is 0 Å². The molecule has 2 N–H and O–H groups in total. The number of aliphatic hydroxyl groups excluding tert-OH is 1. The van der Waals surface area contributed by atoms with Gasteiger partial charge in [0.2, 0.25) is 5.78 Å². The second-order valence-electron chi connectivity index (χ2n) is 12.1. The van der Waals surface area contributed by atoms with Crippen LogP contribution in [-0.2, 0) is 33.3 Å². The Balaban J connectivity index is 1.40. The Kier molecular flexibility index (Phi) is 9.07. The molecule has 0 heterocycles. The monoisotopic (exact) mass is 566 g/mol. The van der Waals surface area contributed by atoms with Crippen molar-refractivity contribution in [2.75, 3.05) is 46.2 Å². The number of esters is 1. The first-order valence-electron chi connectivity index (χ1n) is 14.3. The number of carbonyl (C=O) groups is 3. The van der Waals surface area contributed by atoms with Crippen LogP contribution >= 0.6 is 0 Å². The second-order valence-corrected chi connectivity index (χ2v) is 12.1. The number of allylic oxidation sites excluding steroid dienone is 4. The van der Waals surface area contributed by atoms with Gasteiger partial charge in [0.25, 0.3) is 0 Å². The van der Waals surface area contributed by atoms with Crippen molar-refractivity contribution in [3.63, 3.8) is 0 Å². The third-order valence-electron chi connectivity index (χ3n) is 10.2. The normalized spacial score (nSPS) is 40.2. The van der Waals surface area contributed by atoms with Gasteiger partial charge in [0.1, 0.15) is 12.2 Å². The van der Waals surface area contributed by atoms with E-state index in [9.17, 15) is 24.6 Å². The van der Waals surface area contributed by atoms with E-state index in [4.69, 9.17) is 18.9 Å². The lowest BCUT2D eigenvalue weighted by Crippen LogP contribution is -2.69. The molecule has 0 bridgehead atoms. The molecule has 4 aliphatic rings. The van der Waals surface area contributed by atoms with Gasteiger partial charge in [-0.1, -0.05) is 25.5 Å². The number of fused-ring (bicyclic) bond motifs is 5. The lowest BCUT2D eigenvalue weighted by Gasteiger charge is -2.62. The minimum absolute atomic E-state index is 0.137. The van der Waals surface area contributed by atoms with Crippen LogP contribution in [0.25, 0.3) is 0 Å². The predicted molar refractivity (Wildman–Crippen MR) is 142 cm³/mol. The number of carbonyl (C=O) groups excluding carboxylic acids is 3. The quantitative estimate of drug-likeness (QED) is 0.270. The zero-order chi connectivity index (χ0) is 29.3. The molecule has 0 amide bonds. The lowest BCUT2D eigenvalue weighted by molar-refractivity contribution is -0.220. The molecule has 8 atom stereocenters. The second kappa shape index (κ2) is 11.7. The van der Waals surface area contributed by atoms with Gasteiger partial charge in [0, 0.05) is 23.4 Å². The van der Waals surface area contributed by atoms with Crippen molar-refractivity contribution in [2.45, 2.75) is 70.8 Å². The Hall–Kier alpha value is -1.98. The van der Waals surface area contributed by atoms with E-state index >= 15 is 4.39 Å². The first kappa shape index (κ1) is 31.0. The summed E-state index contributed by atoms with van der Waals surface area (Å²) in [6.07, 6.45) is 4.09. The zero-order valence-corrected chi connectivity index (χ0v) is 23.9. The minimum Gasteiger partial charge on any atom is -0.456 e. The molecule has 4 rings (SSSR count). The van der Waals surface area contributed by atoms with Crippen LogP contribution in [0.3, 0.4) is 0 Å². The third-order valence-corrected chi connectivity index (χ3v) is 10.2. The summed E-state index contributed by atoms with van der Waals surface area (Å²) in [7, 11) is 0. The highest BCUT2D eigenvalue weighted by Gasteiger charge is 2.75. The molecular weight excluding hydrogens is 523 g/mol. The van der Waals surface area contributed by atoms with Crippen LogP contribution in [0.2, 0.25) is 0 Å². The molecule has 4 aliphatic carbocycles. The number of ketones is 2. The molecule has 0 spiro atoms. The molecule has 3 unspecified atom stereocenters. The summed E-state index contributed by atoms with van der Waals surface area (Å²) < 4.78 is 38.1. The van der Waals surface area contributed by atoms with Gasteiger partial charge in [-0.2, -0.15) is 0 Å². The molecule has 3 fully saturated rings. The summed E-state index contributed by atoms with van der Waals surface area (Å²) >= 11 is 0. The van der Waals surface area contributed by atoms with E-state index in [1.807, 2.05) is 6.92 Å². The van der Waals surface area contributed by atoms with Crippen molar-refractivity contribution < 1.29 is 47.9 Å². The Bertz CT molecular complexity index is 1060. The highest BCUT2D eigenvalue weighted by atomic mass is 19.1. The average Bonchev–Trinajstić information content (AvgIpc) is 3.11. The summed E-state index contributed by atoms with van der Waals surface area (Å²) in [6.45, 7) is 8.03. The molecule has 10 heteroatoms. The van der Waals surface area contributed by atoms with Gasteiger partial charge < -0.3 is 29.2 Å². The van der Waals surface area contributed by atoms with Gasteiger partial charge in [-0.3, -0.25) is 9.59 Å². The molecule has 40 heavy (non-hydrogen) atoms. The van der Waals surface area contributed by atoms with Crippen LogP contribution in [0.4, 0.5) is 4.39 Å². The van der Waals surface area contributed by atoms with E-state index in [-0.39, 0.29) is 32.0 Å². The maximum Gasteiger partial charge on any atom is 0.332 e. The number of ether oxygens (including phenoxy) is 4. The van der Waals surface area contributed by atoms with Crippen LogP contribution in [-0.4, -0.2) is 91.4 Å². The number of aliphatic hydroxyl groups is 2. The van der Waals surface area contributed by atoms with Crippen LogP contribution in [0.15, 0.2) is 23.8 Å². The minimum atomic E-state index is -2.05. The number of halogens is 1. The summed E-state index contributed by atoms with van der Waals surface area (Å²) in [6, 6.07) is 0. The molecule has 3 saturated carbocycles. The fraction of sp³-hybridized carbons (Fsp3) is 0.767. The molecule has 0 aromatic rings. The predicted octanol–water partition coefficient (Wildman–Crippen LogP) is 2.52. The Labute approximate surface area is 235 Å². The standard InChI is InChI=1S/C30H43FO9/c1-5-37-10-11-38-12-13-39-18-26(35)40-17-25(34)30(36)19(2)14-23-22-7-6-20-15-21(32)8-9-27(20,3)29(22,31)24(33)16-28(23,30)4/h8-9,15,19,22-24,33,36H,5-7,10-14,16-18H2,1-4H3/t19-,22?,23?,24+,27+,28+,29?,30+/m1/s1. The summed E-state index contributed by atoms with van der Waals surface area (Å²) in [5, 5.41) is 23.4. The molecular formula is C30H43FO9. The van der Waals surface area contributed by atoms with Gasteiger partial charge >= 0.3 is 5.97 Å². The van der Waals surface area contributed by atoms with Gasteiger partial charge in [0.15, 0.2) is 18.1 Å². The van der Waals surface area contributed by atoms with Gasteiger partial charge in [-0.25, -0.2) is 9.18 Å². The van der Waals surface area contributed by atoms with Crippen LogP contribution < -0.4 is 0 Å². The number of rotatable bonds is 12. The van der Waals surface area contributed by atoms with E-state index in [1.54, 1.807) is 26.8 Å². The lowest BCUT2D eigenvalue weighted by atomic mass is 9.44. The maximum absolute atomic E-state index is 17.2. The van der Waals surface area contributed by atoms with Crippen molar-refractivity contribution in [2.24, 2.45) is 28.6 Å². The number of Topliss-reactive ketones (excluding diaryl/α,β-unsaturated/α-hetero) is 1. The van der Waals surface area contributed by atoms with Crippen molar-refractivity contribution in [1.29, 1.82) is 0 Å². The highest BCUT2D eigenvalue weighted by molar-refractivity contribution is 6.01. The Morgan fingerprint density at radius 3 is 2.45 bits per heavy atom. The zero-order valence-electron chi connectivity index (χ0n) is 23.9. The molecule has 9 nitrogen and oxygen atoms in total. The topological polar surface area (TPSA) is 129 Å². The fourth-order valence-electron chi connectivity index (χ4n) is 8.08. The third kappa shape index (κ3) is 4.89. The Morgan fingerprint density at radius 2 is 1.75 bits per heavy atom. The largest absolute Gasteiger partial charge is 0.456 e. The SMILES string of the molecule is CCOCCOCCOCC(=O)OCC(=O)[C@@]1(O)[C@H](C)CC2C3CCC4=CC(=O)C=C[C@]4(C)C3(F)[C@@H](O)C[C@@]21C. The number of hydrogen-bond donors (Lipinski definition) is 2. The van der Waals surface area contributed by atoms with Gasteiger partial charge in [-0.15, -0.1) is 0 Å². The van der Waals surface area contributed by atoms with Crippen molar-refractivity contribution in [3.05, 3.63) is 23.8 Å². The first-order chi connectivity index (χ1) is 18.9. The molecule has 0 aliphatic heterocycles. The van der Waals surface area contributed by atoms with E-state index < -0.39 is 64.3 Å². The summed E-state index contributed by atoms with van der Waals surface area (Å²) in [5.74, 6) is -3.16. The number of hydrogen-bond acceptors (Lipinski definition) is 9. The van der Waals surface area contributed by atoms with Crippen molar-refractivity contribution in [1.82, 2.24) is 0 Å². The van der Waals surface area contributed by atoms with E-state index in [2.05, 4.69) is 0 Å². The Morgan fingerprint density at radius 1 is 1.07 bits per heavy atom. The van der Waals surface area contributed by atoms with E-state index in [0.29, 0.717) is 44.7 Å². The molecule has 0 radical (unpaired) electrons. The smallest absolute Gasteiger partial charge is 0.332 e. The number of alkyl halides is 1. The average molecular weight is 567 g/mol. The summed E-state index contributed by atoms with van der Waals surface area (Å²) in [4.78, 5) is 37.7. The fourth-order valence-corrected chi connectivity index (χ4v) is 8.08. The van der Waals surface area contributed by atoms with Crippen LogP contribution in [0.1, 0.15) is 53.4 Å². The summed E-state index contributed by atoms with van der Waals surface area (Å²) in [5.41, 5.74) is -5.57. The first-order valence-corrected chi connectivity index (χ1v) is 14.3. The van der Waals surface area contributed by atoms with Gasteiger partial charge in [-0.05, 0) is 63.5 Å². The molecule has 0 saturated heterocycles. The maximum atomic E-state index is 17.2. The van der Waals surface area contributed by atoms with E-state index in [0.717, 1.165) is 0 Å².